The number of benzene rings is 1. The average molecular weight is 334 g/mol. The van der Waals surface area contributed by atoms with E-state index in [0.717, 1.165) is 44.1 Å². The first-order chi connectivity index (χ1) is 11.7. The van der Waals surface area contributed by atoms with Gasteiger partial charge in [0.05, 0.1) is 0 Å². The molecule has 1 atom stereocenters. The SMILES string of the molecule is CCNC(=NCC(C)CN1CCCC1)NCCc1ccc(F)cc1. The summed E-state index contributed by atoms with van der Waals surface area (Å²) in [6.07, 6.45) is 3.53. The smallest absolute Gasteiger partial charge is 0.191 e. The normalized spacial score (nSPS) is 17.0. The molecule has 1 aliphatic heterocycles. The van der Waals surface area contributed by atoms with Gasteiger partial charge in [-0.3, -0.25) is 4.99 Å². The number of likely N-dealkylation sites (tertiary alicyclic amines) is 1. The quantitative estimate of drug-likeness (QED) is 0.567. The van der Waals surface area contributed by atoms with Crippen LogP contribution in [0.25, 0.3) is 0 Å². The molecule has 0 bridgehead atoms. The zero-order valence-corrected chi connectivity index (χ0v) is 15.0. The van der Waals surface area contributed by atoms with Crippen molar-refractivity contribution >= 4 is 5.96 Å². The summed E-state index contributed by atoms with van der Waals surface area (Å²) in [7, 11) is 0. The van der Waals surface area contributed by atoms with Crippen LogP contribution in [-0.2, 0) is 6.42 Å². The first-order valence-corrected chi connectivity index (χ1v) is 9.16. The number of rotatable bonds is 8. The van der Waals surface area contributed by atoms with E-state index in [2.05, 4.69) is 29.4 Å². The molecule has 134 valence electrons. The maximum atomic E-state index is 12.9. The van der Waals surface area contributed by atoms with Crippen molar-refractivity contribution in [1.29, 1.82) is 0 Å². The van der Waals surface area contributed by atoms with Crippen LogP contribution in [0.1, 0.15) is 32.3 Å². The van der Waals surface area contributed by atoms with Crippen molar-refractivity contribution in [1.82, 2.24) is 15.5 Å². The van der Waals surface area contributed by atoms with E-state index in [-0.39, 0.29) is 5.82 Å². The second-order valence-corrected chi connectivity index (χ2v) is 6.64. The van der Waals surface area contributed by atoms with E-state index in [0.29, 0.717) is 5.92 Å². The van der Waals surface area contributed by atoms with Gasteiger partial charge in [0, 0.05) is 26.2 Å². The number of hydrogen-bond donors (Lipinski definition) is 2. The fraction of sp³-hybridized carbons (Fsp3) is 0.632. The minimum Gasteiger partial charge on any atom is -0.357 e. The van der Waals surface area contributed by atoms with Crippen molar-refractivity contribution in [2.24, 2.45) is 10.9 Å². The molecule has 5 heteroatoms. The van der Waals surface area contributed by atoms with E-state index >= 15 is 0 Å². The molecule has 1 aromatic carbocycles. The Morgan fingerprint density at radius 1 is 1.21 bits per heavy atom. The highest BCUT2D eigenvalue weighted by Crippen LogP contribution is 2.10. The lowest BCUT2D eigenvalue weighted by atomic mass is 10.1. The maximum Gasteiger partial charge on any atom is 0.191 e. The van der Waals surface area contributed by atoms with Gasteiger partial charge < -0.3 is 15.5 Å². The van der Waals surface area contributed by atoms with Crippen molar-refractivity contribution < 1.29 is 4.39 Å². The van der Waals surface area contributed by atoms with Crippen LogP contribution in [0.5, 0.6) is 0 Å². The molecule has 2 rings (SSSR count). The zero-order valence-electron chi connectivity index (χ0n) is 15.0. The largest absolute Gasteiger partial charge is 0.357 e. The first-order valence-electron chi connectivity index (χ1n) is 9.16. The first kappa shape index (κ1) is 18.7. The maximum absolute atomic E-state index is 12.9. The van der Waals surface area contributed by atoms with Crippen LogP contribution in [0, 0.1) is 11.7 Å². The standard InChI is InChI=1S/C19H31FN4/c1-3-21-19(22-11-10-17-6-8-18(20)9-7-17)23-14-16(2)15-24-12-4-5-13-24/h6-9,16H,3-5,10-15H2,1-2H3,(H2,21,22,23). The summed E-state index contributed by atoms with van der Waals surface area (Å²) in [4.78, 5) is 7.25. The topological polar surface area (TPSA) is 39.7 Å². The second-order valence-electron chi connectivity index (χ2n) is 6.64. The Labute approximate surface area is 145 Å². The van der Waals surface area contributed by atoms with Gasteiger partial charge >= 0.3 is 0 Å². The number of hydrogen-bond acceptors (Lipinski definition) is 2. The van der Waals surface area contributed by atoms with E-state index in [4.69, 9.17) is 4.99 Å². The minimum absolute atomic E-state index is 0.186. The summed E-state index contributed by atoms with van der Waals surface area (Å²) in [5.41, 5.74) is 1.13. The lowest BCUT2D eigenvalue weighted by Crippen LogP contribution is -2.39. The van der Waals surface area contributed by atoms with Gasteiger partial charge in [0.25, 0.3) is 0 Å². The fourth-order valence-electron chi connectivity index (χ4n) is 3.03. The summed E-state index contributed by atoms with van der Waals surface area (Å²) in [5, 5.41) is 6.66. The van der Waals surface area contributed by atoms with Gasteiger partial charge in [0.1, 0.15) is 5.82 Å². The third-order valence-electron chi connectivity index (χ3n) is 4.29. The van der Waals surface area contributed by atoms with Crippen molar-refractivity contribution in [3.63, 3.8) is 0 Å². The van der Waals surface area contributed by atoms with Crippen LogP contribution in [-0.4, -0.2) is 50.1 Å². The van der Waals surface area contributed by atoms with Gasteiger partial charge in [-0.1, -0.05) is 19.1 Å². The van der Waals surface area contributed by atoms with Crippen LogP contribution in [0.4, 0.5) is 4.39 Å². The van der Waals surface area contributed by atoms with Gasteiger partial charge in [-0.25, -0.2) is 4.39 Å². The number of nitrogens with one attached hydrogen (secondary N) is 2. The van der Waals surface area contributed by atoms with Crippen molar-refractivity contribution in [3.05, 3.63) is 35.6 Å². The monoisotopic (exact) mass is 334 g/mol. The highest BCUT2D eigenvalue weighted by atomic mass is 19.1. The van der Waals surface area contributed by atoms with Crippen LogP contribution in [0.3, 0.4) is 0 Å². The van der Waals surface area contributed by atoms with Gasteiger partial charge in [-0.15, -0.1) is 0 Å². The van der Waals surface area contributed by atoms with Gasteiger partial charge in [-0.2, -0.15) is 0 Å². The molecule has 0 spiro atoms. The molecule has 1 aliphatic rings. The van der Waals surface area contributed by atoms with Gasteiger partial charge in [0.15, 0.2) is 5.96 Å². The molecule has 0 aromatic heterocycles. The third-order valence-corrected chi connectivity index (χ3v) is 4.29. The fourth-order valence-corrected chi connectivity index (χ4v) is 3.03. The average Bonchev–Trinajstić information content (AvgIpc) is 3.07. The molecule has 0 radical (unpaired) electrons. The summed E-state index contributed by atoms with van der Waals surface area (Å²) < 4.78 is 12.9. The lowest BCUT2D eigenvalue weighted by Gasteiger charge is -2.19. The van der Waals surface area contributed by atoms with Gasteiger partial charge in [-0.05, 0) is 62.9 Å². The molecule has 0 amide bonds. The summed E-state index contributed by atoms with van der Waals surface area (Å²) >= 11 is 0. The van der Waals surface area contributed by atoms with E-state index in [1.807, 2.05) is 12.1 Å². The molecule has 2 N–H and O–H groups in total. The molecule has 1 unspecified atom stereocenters. The van der Waals surface area contributed by atoms with E-state index in [9.17, 15) is 4.39 Å². The number of nitrogens with zero attached hydrogens (tertiary/aromatic N) is 2. The van der Waals surface area contributed by atoms with Crippen molar-refractivity contribution in [3.8, 4) is 0 Å². The Balaban J connectivity index is 1.73. The molecule has 1 aromatic rings. The van der Waals surface area contributed by atoms with Crippen LogP contribution in [0.15, 0.2) is 29.3 Å². The molecule has 4 nitrogen and oxygen atoms in total. The number of guanidine groups is 1. The lowest BCUT2D eigenvalue weighted by molar-refractivity contribution is 0.291. The molecular weight excluding hydrogens is 303 g/mol. The second kappa shape index (κ2) is 10.3. The van der Waals surface area contributed by atoms with E-state index in [1.54, 1.807) is 0 Å². The van der Waals surface area contributed by atoms with E-state index < -0.39 is 0 Å². The minimum atomic E-state index is -0.186. The van der Waals surface area contributed by atoms with Crippen LogP contribution >= 0.6 is 0 Å². The van der Waals surface area contributed by atoms with Crippen LogP contribution in [0.2, 0.25) is 0 Å². The molecule has 0 aliphatic carbocycles. The summed E-state index contributed by atoms with van der Waals surface area (Å²) in [5.74, 6) is 1.25. The third kappa shape index (κ3) is 6.87. The molecule has 1 heterocycles. The highest BCUT2D eigenvalue weighted by Gasteiger charge is 2.14. The molecule has 1 saturated heterocycles. The van der Waals surface area contributed by atoms with Crippen molar-refractivity contribution in [2.45, 2.75) is 33.1 Å². The number of halogens is 1. The Bertz CT molecular complexity index is 495. The Hall–Kier alpha value is -1.62. The Kier molecular flexibility index (Phi) is 8.02. The Morgan fingerprint density at radius 3 is 2.58 bits per heavy atom. The molecule has 1 fully saturated rings. The molecule has 0 saturated carbocycles. The van der Waals surface area contributed by atoms with E-state index in [1.165, 1.54) is 38.1 Å². The molecule has 24 heavy (non-hydrogen) atoms. The zero-order chi connectivity index (χ0) is 17.2. The molecular formula is C19H31FN4. The summed E-state index contributed by atoms with van der Waals surface area (Å²) in [6, 6.07) is 6.68. The van der Waals surface area contributed by atoms with Crippen molar-refractivity contribution in [2.75, 3.05) is 39.3 Å². The predicted molar refractivity (Wildman–Crippen MR) is 98.9 cm³/mol. The van der Waals surface area contributed by atoms with Crippen LogP contribution < -0.4 is 10.6 Å². The van der Waals surface area contributed by atoms with Gasteiger partial charge in [0.2, 0.25) is 0 Å². The predicted octanol–water partition coefficient (Wildman–Crippen LogP) is 2.66. The summed E-state index contributed by atoms with van der Waals surface area (Å²) in [6.45, 7) is 10.4. The Morgan fingerprint density at radius 2 is 1.92 bits per heavy atom. The highest BCUT2D eigenvalue weighted by molar-refractivity contribution is 5.79. The number of aliphatic imine (C=N–C) groups is 1.